The fourth-order valence-corrected chi connectivity index (χ4v) is 8.29. The summed E-state index contributed by atoms with van der Waals surface area (Å²) < 4.78 is 35.6. The number of alkyl halides is 2. The van der Waals surface area contributed by atoms with Crippen molar-refractivity contribution in [1.29, 1.82) is 0 Å². The molecule has 4 aromatic heterocycles. The summed E-state index contributed by atoms with van der Waals surface area (Å²) in [5.74, 6) is -2.73. The minimum atomic E-state index is -3.21. The van der Waals surface area contributed by atoms with Crippen LogP contribution in [0.5, 0.6) is 5.75 Å². The van der Waals surface area contributed by atoms with Gasteiger partial charge in [-0.15, -0.1) is 0 Å². The fraction of sp³-hybridized carbons (Fsp3) is 0.311. The number of ether oxygens (including phenoxy) is 1. The number of aromatic nitrogens is 4. The van der Waals surface area contributed by atoms with E-state index in [0.29, 0.717) is 35.4 Å². The Labute approximate surface area is 340 Å². The maximum Gasteiger partial charge on any atom is 0.298 e. The van der Waals surface area contributed by atoms with Crippen LogP contribution in [0, 0.1) is 0 Å². The lowest BCUT2D eigenvalue weighted by molar-refractivity contribution is -0.126. The molecule has 0 spiro atoms. The molecule has 302 valence electrons. The summed E-state index contributed by atoms with van der Waals surface area (Å²) in [7, 11) is 0. The number of nitrogens with zero attached hydrogens (tertiary/aromatic N) is 6. The maximum atomic E-state index is 15.1. The number of carbonyl (C=O) groups is 2. The molecule has 0 aliphatic carbocycles. The van der Waals surface area contributed by atoms with Gasteiger partial charge in [-0.1, -0.05) is 30.8 Å². The molecule has 1 atom stereocenters. The second kappa shape index (κ2) is 16.1. The molecule has 2 fully saturated rings. The lowest BCUT2D eigenvalue weighted by Crippen LogP contribution is -2.49. The minimum Gasteiger partial charge on any atom is -0.486 e. The highest BCUT2D eigenvalue weighted by molar-refractivity contribution is 6.07. The summed E-state index contributed by atoms with van der Waals surface area (Å²) in [5.41, 5.74) is 7.51. The average molecular weight is 798 g/mol. The lowest BCUT2D eigenvalue weighted by atomic mass is 10.0. The third-order valence-electron chi connectivity index (χ3n) is 11.6. The molecular formula is C45H45F2N9O3. The van der Waals surface area contributed by atoms with Gasteiger partial charge in [-0.05, 0) is 80.3 Å². The molecule has 59 heavy (non-hydrogen) atoms. The van der Waals surface area contributed by atoms with Gasteiger partial charge in [-0.2, -0.15) is 0 Å². The number of carbonyl (C=O) groups excluding carboxylic acids is 2. The van der Waals surface area contributed by atoms with Crippen LogP contribution in [0.1, 0.15) is 40.9 Å². The van der Waals surface area contributed by atoms with Crippen LogP contribution in [0.25, 0.3) is 32.9 Å². The number of amides is 2. The Morgan fingerprint density at radius 1 is 0.915 bits per heavy atom. The summed E-state index contributed by atoms with van der Waals surface area (Å²) >= 11 is 0. The summed E-state index contributed by atoms with van der Waals surface area (Å²) in [6.07, 6.45) is 10.1. The van der Waals surface area contributed by atoms with Crippen molar-refractivity contribution in [3.8, 4) is 16.9 Å². The van der Waals surface area contributed by atoms with Gasteiger partial charge in [-0.25, -0.2) is 13.8 Å². The Kier molecular flexibility index (Phi) is 10.4. The van der Waals surface area contributed by atoms with Gasteiger partial charge < -0.3 is 30.2 Å². The van der Waals surface area contributed by atoms with Crippen LogP contribution < -0.4 is 20.3 Å². The first-order valence-corrected chi connectivity index (χ1v) is 20.1. The normalized spacial score (nSPS) is 17.5. The van der Waals surface area contributed by atoms with E-state index in [1.807, 2.05) is 24.5 Å². The zero-order chi connectivity index (χ0) is 40.5. The van der Waals surface area contributed by atoms with Crippen molar-refractivity contribution in [2.75, 3.05) is 56.1 Å². The van der Waals surface area contributed by atoms with E-state index >= 15 is 8.78 Å². The van der Waals surface area contributed by atoms with Crippen LogP contribution in [-0.4, -0.2) is 99.4 Å². The number of hydrogen-bond acceptors (Lipinski definition) is 9. The van der Waals surface area contributed by atoms with E-state index in [1.165, 1.54) is 11.1 Å². The number of piperazine rings is 1. The third-order valence-corrected chi connectivity index (χ3v) is 11.6. The summed E-state index contributed by atoms with van der Waals surface area (Å²) in [5, 5.41) is 7.82. The molecule has 12 nitrogen and oxygen atoms in total. The predicted octanol–water partition coefficient (Wildman–Crippen LogP) is 6.80. The molecule has 3 aliphatic heterocycles. The van der Waals surface area contributed by atoms with E-state index in [1.54, 1.807) is 30.5 Å². The molecule has 2 aromatic carbocycles. The van der Waals surface area contributed by atoms with Crippen molar-refractivity contribution >= 4 is 45.1 Å². The number of rotatable bonds is 13. The van der Waals surface area contributed by atoms with Crippen molar-refractivity contribution in [3.05, 3.63) is 121 Å². The molecule has 3 aliphatic rings. The molecule has 2 saturated heterocycles. The van der Waals surface area contributed by atoms with Crippen LogP contribution >= 0.6 is 0 Å². The van der Waals surface area contributed by atoms with E-state index in [4.69, 9.17) is 9.72 Å². The van der Waals surface area contributed by atoms with Crippen LogP contribution in [-0.2, 0) is 17.8 Å². The number of allylic oxidation sites excluding steroid dienone is 1. The summed E-state index contributed by atoms with van der Waals surface area (Å²) in [6, 6.07) is 20.5. The summed E-state index contributed by atoms with van der Waals surface area (Å²) in [6.45, 7) is 6.84. The Morgan fingerprint density at radius 2 is 1.78 bits per heavy atom. The quantitative estimate of drug-likeness (QED) is 0.116. The zero-order valence-electron chi connectivity index (χ0n) is 32.6. The number of pyridine rings is 3. The topological polar surface area (TPSA) is 132 Å². The minimum absolute atomic E-state index is 0.162. The summed E-state index contributed by atoms with van der Waals surface area (Å²) in [4.78, 5) is 48.9. The highest BCUT2D eigenvalue weighted by atomic mass is 19.3. The number of benzene rings is 2. The van der Waals surface area contributed by atoms with E-state index in [0.717, 1.165) is 90.0 Å². The largest absolute Gasteiger partial charge is 0.486 e. The van der Waals surface area contributed by atoms with E-state index in [9.17, 15) is 9.59 Å². The molecular weight excluding hydrogens is 753 g/mol. The number of aryl methyl sites for hydroxylation is 1. The van der Waals surface area contributed by atoms with Crippen LogP contribution in [0.4, 0.5) is 20.3 Å². The van der Waals surface area contributed by atoms with Crippen LogP contribution in [0.2, 0.25) is 0 Å². The standard InChI is InChI=1S/C45H45F2N9O3/c1-29-7-13-41(43(57)52-29)56-26-37-35(44(56)58)5-2-6-38(37)51-27-45(46,47)28-59-33-11-14-42(50-24-33)55-20-18-54(19-21-55)17-3-4-32-10-8-31(23-49-32)30-9-12-34-36-25-48-16-15-39(36)53-40(34)22-30/h2,5-6,8-12,14-16,22-25,41,51,53H,1,3-4,7,13,17-21,26-28H2,(H,52,57). The maximum absolute atomic E-state index is 15.1. The van der Waals surface area contributed by atoms with Gasteiger partial charge in [0.25, 0.3) is 11.8 Å². The first kappa shape index (κ1) is 38.1. The zero-order valence-corrected chi connectivity index (χ0v) is 32.6. The van der Waals surface area contributed by atoms with Crippen molar-refractivity contribution in [2.45, 2.75) is 44.2 Å². The highest BCUT2D eigenvalue weighted by Gasteiger charge is 2.39. The number of halogens is 2. The highest BCUT2D eigenvalue weighted by Crippen LogP contribution is 2.34. The van der Waals surface area contributed by atoms with Crippen molar-refractivity contribution in [1.82, 2.24) is 35.1 Å². The number of nitrogens with one attached hydrogen (secondary N) is 3. The molecule has 7 heterocycles. The number of fused-ring (bicyclic) bond motifs is 4. The monoisotopic (exact) mass is 797 g/mol. The van der Waals surface area contributed by atoms with Gasteiger partial charge in [0.2, 0.25) is 5.91 Å². The number of aromatic amines is 1. The van der Waals surface area contributed by atoms with Gasteiger partial charge in [0.05, 0.1) is 12.7 Å². The second-order valence-corrected chi connectivity index (χ2v) is 15.5. The Bertz CT molecular complexity index is 2520. The fourth-order valence-electron chi connectivity index (χ4n) is 8.29. The lowest BCUT2D eigenvalue weighted by Gasteiger charge is -2.35. The number of hydrogen-bond donors (Lipinski definition) is 3. The first-order chi connectivity index (χ1) is 28.7. The number of piperidine rings is 1. The Balaban J connectivity index is 0.702. The van der Waals surface area contributed by atoms with Gasteiger partial charge in [0, 0.05) is 107 Å². The predicted molar refractivity (Wildman–Crippen MR) is 224 cm³/mol. The Hall–Kier alpha value is -6.41. The molecule has 0 radical (unpaired) electrons. The van der Waals surface area contributed by atoms with Gasteiger partial charge in [0.15, 0.2) is 6.61 Å². The molecule has 1 unspecified atom stereocenters. The second-order valence-electron chi connectivity index (χ2n) is 15.5. The van der Waals surface area contributed by atoms with Crippen LogP contribution in [0.15, 0.2) is 104 Å². The third kappa shape index (κ3) is 8.17. The van der Waals surface area contributed by atoms with Gasteiger partial charge in [-0.3, -0.25) is 24.5 Å². The van der Waals surface area contributed by atoms with Crippen molar-refractivity contribution in [3.63, 3.8) is 0 Å². The molecule has 3 N–H and O–H groups in total. The number of H-pyrrole nitrogens is 1. The molecule has 0 bridgehead atoms. The van der Waals surface area contributed by atoms with Gasteiger partial charge in [0.1, 0.15) is 17.6 Å². The molecule has 14 heteroatoms. The smallest absolute Gasteiger partial charge is 0.298 e. The molecule has 2 amide bonds. The Morgan fingerprint density at radius 3 is 2.58 bits per heavy atom. The van der Waals surface area contributed by atoms with Crippen molar-refractivity contribution < 1.29 is 23.1 Å². The van der Waals surface area contributed by atoms with E-state index < -0.39 is 25.1 Å². The SMILES string of the molecule is C=C1CCC(N2Cc3c(NCC(F)(F)COc4ccc(N5CCN(CCCc6ccc(-c7ccc8c(c7)[nH]c7ccncc78)cn6)CC5)nc4)cccc3C2=O)C(=O)N1. The van der Waals surface area contributed by atoms with Gasteiger partial charge >= 0.3 is 0 Å². The van der Waals surface area contributed by atoms with E-state index in [2.05, 4.69) is 72.3 Å². The molecule has 9 rings (SSSR count). The number of anilines is 2. The average Bonchev–Trinajstić information content (AvgIpc) is 3.80. The molecule has 6 aromatic rings. The molecule has 0 saturated carbocycles. The van der Waals surface area contributed by atoms with Crippen LogP contribution in [0.3, 0.4) is 0 Å². The first-order valence-electron chi connectivity index (χ1n) is 20.1. The van der Waals surface area contributed by atoms with Crippen molar-refractivity contribution in [2.24, 2.45) is 0 Å². The van der Waals surface area contributed by atoms with E-state index in [-0.39, 0.29) is 24.1 Å².